The van der Waals surface area contributed by atoms with Gasteiger partial charge in [0.1, 0.15) is 5.60 Å². The maximum Gasteiger partial charge on any atom is 0.116 e. The zero-order chi connectivity index (χ0) is 18.9. The van der Waals surface area contributed by atoms with E-state index in [0.717, 1.165) is 13.0 Å². The SMILES string of the molecule is CCCCCCCCCC(COCCOCC)(OCC)c1ccccc1. The number of hydrogen-bond donors (Lipinski definition) is 0. The Morgan fingerprint density at radius 1 is 0.731 bits per heavy atom. The van der Waals surface area contributed by atoms with Gasteiger partial charge in [0.05, 0.1) is 19.8 Å². The Kier molecular flexibility index (Phi) is 13.5. The second-order valence-electron chi connectivity index (χ2n) is 6.91. The van der Waals surface area contributed by atoms with Crippen molar-refractivity contribution >= 4 is 0 Å². The minimum absolute atomic E-state index is 0.342. The summed E-state index contributed by atoms with van der Waals surface area (Å²) in [6.07, 6.45) is 10.2. The Bertz CT molecular complexity index is 421. The lowest BCUT2D eigenvalue weighted by Gasteiger charge is -2.34. The third-order valence-electron chi connectivity index (χ3n) is 4.82. The molecule has 0 aromatic heterocycles. The van der Waals surface area contributed by atoms with Crippen LogP contribution in [0.2, 0.25) is 0 Å². The van der Waals surface area contributed by atoms with Crippen molar-refractivity contribution in [2.45, 2.75) is 77.7 Å². The molecule has 0 N–H and O–H groups in total. The van der Waals surface area contributed by atoms with E-state index in [2.05, 4.69) is 44.2 Å². The molecular formula is C23H40O3. The fourth-order valence-electron chi connectivity index (χ4n) is 3.38. The molecule has 1 aromatic rings. The molecule has 0 aliphatic carbocycles. The minimum atomic E-state index is -0.342. The van der Waals surface area contributed by atoms with Gasteiger partial charge >= 0.3 is 0 Å². The summed E-state index contributed by atoms with van der Waals surface area (Å²) in [7, 11) is 0. The predicted molar refractivity (Wildman–Crippen MR) is 110 cm³/mol. The number of rotatable bonds is 17. The van der Waals surface area contributed by atoms with E-state index in [0.29, 0.717) is 26.4 Å². The first-order chi connectivity index (χ1) is 12.8. The van der Waals surface area contributed by atoms with Crippen molar-refractivity contribution in [3.8, 4) is 0 Å². The lowest BCUT2D eigenvalue weighted by molar-refractivity contribution is -0.111. The molecule has 0 radical (unpaired) electrons. The van der Waals surface area contributed by atoms with E-state index < -0.39 is 0 Å². The van der Waals surface area contributed by atoms with Crippen LogP contribution in [0.5, 0.6) is 0 Å². The van der Waals surface area contributed by atoms with E-state index in [4.69, 9.17) is 14.2 Å². The fraction of sp³-hybridized carbons (Fsp3) is 0.739. The largest absolute Gasteiger partial charge is 0.379 e. The summed E-state index contributed by atoms with van der Waals surface area (Å²) in [6.45, 7) is 9.63. The smallest absolute Gasteiger partial charge is 0.116 e. The third kappa shape index (κ3) is 9.16. The summed E-state index contributed by atoms with van der Waals surface area (Å²) in [6, 6.07) is 10.6. The Labute approximate surface area is 161 Å². The molecule has 26 heavy (non-hydrogen) atoms. The molecule has 1 atom stereocenters. The number of ether oxygens (including phenoxy) is 3. The summed E-state index contributed by atoms with van der Waals surface area (Å²) in [5.41, 5.74) is 0.885. The van der Waals surface area contributed by atoms with E-state index >= 15 is 0 Å². The summed E-state index contributed by atoms with van der Waals surface area (Å²) in [5, 5.41) is 0. The lowest BCUT2D eigenvalue weighted by Crippen LogP contribution is -2.36. The fourth-order valence-corrected chi connectivity index (χ4v) is 3.38. The molecule has 0 heterocycles. The van der Waals surface area contributed by atoms with E-state index in [1.807, 2.05) is 6.92 Å². The minimum Gasteiger partial charge on any atom is -0.379 e. The highest BCUT2D eigenvalue weighted by Crippen LogP contribution is 2.32. The molecular weight excluding hydrogens is 324 g/mol. The first-order valence-corrected chi connectivity index (χ1v) is 10.6. The van der Waals surface area contributed by atoms with Crippen molar-refractivity contribution in [3.05, 3.63) is 35.9 Å². The first-order valence-electron chi connectivity index (χ1n) is 10.6. The van der Waals surface area contributed by atoms with Gasteiger partial charge in [-0.1, -0.05) is 82.2 Å². The standard InChI is InChI=1S/C23H40O3/c1-4-7-8-9-10-11-15-18-23(26-6-3,21-25-20-19-24-5-2)22-16-13-12-14-17-22/h12-14,16-17H,4-11,15,18-21H2,1-3H3. The van der Waals surface area contributed by atoms with Crippen molar-refractivity contribution in [2.75, 3.05) is 33.0 Å². The Morgan fingerprint density at radius 2 is 1.38 bits per heavy atom. The topological polar surface area (TPSA) is 27.7 Å². The van der Waals surface area contributed by atoms with Crippen LogP contribution in [0.4, 0.5) is 0 Å². The van der Waals surface area contributed by atoms with Gasteiger partial charge in [-0.15, -0.1) is 0 Å². The number of unbranched alkanes of at least 4 members (excludes halogenated alkanes) is 6. The van der Waals surface area contributed by atoms with Gasteiger partial charge in [0.15, 0.2) is 0 Å². The maximum atomic E-state index is 6.30. The van der Waals surface area contributed by atoms with Crippen LogP contribution in [0, 0.1) is 0 Å². The Balaban J connectivity index is 2.60. The van der Waals surface area contributed by atoms with Gasteiger partial charge in [-0.2, -0.15) is 0 Å². The van der Waals surface area contributed by atoms with Crippen LogP contribution in [0.3, 0.4) is 0 Å². The van der Waals surface area contributed by atoms with E-state index in [1.54, 1.807) is 0 Å². The van der Waals surface area contributed by atoms with Crippen LogP contribution in [-0.4, -0.2) is 33.0 Å². The van der Waals surface area contributed by atoms with Gasteiger partial charge in [0.25, 0.3) is 0 Å². The molecule has 0 amide bonds. The molecule has 0 fully saturated rings. The van der Waals surface area contributed by atoms with Gasteiger partial charge in [-0.25, -0.2) is 0 Å². The van der Waals surface area contributed by atoms with Crippen LogP contribution in [0.25, 0.3) is 0 Å². The highest BCUT2D eigenvalue weighted by Gasteiger charge is 2.32. The quantitative estimate of drug-likeness (QED) is 0.312. The third-order valence-corrected chi connectivity index (χ3v) is 4.82. The monoisotopic (exact) mass is 364 g/mol. The zero-order valence-corrected chi connectivity index (χ0v) is 17.3. The first kappa shape index (κ1) is 23.1. The van der Waals surface area contributed by atoms with Crippen molar-refractivity contribution < 1.29 is 14.2 Å². The predicted octanol–water partition coefficient (Wildman–Crippen LogP) is 6.11. The van der Waals surface area contributed by atoms with Crippen LogP contribution >= 0.6 is 0 Å². The van der Waals surface area contributed by atoms with Gasteiger partial charge in [-0.05, 0) is 25.8 Å². The van der Waals surface area contributed by atoms with Crippen molar-refractivity contribution in [1.29, 1.82) is 0 Å². The molecule has 1 unspecified atom stereocenters. The van der Waals surface area contributed by atoms with Gasteiger partial charge in [0, 0.05) is 13.2 Å². The van der Waals surface area contributed by atoms with Gasteiger partial charge in [-0.3, -0.25) is 0 Å². The highest BCUT2D eigenvalue weighted by molar-refractivity contribution is 5.23. The van der Waals surface area contributed by atoms with Crippen LogP contribution < -0.4 is 0 Å². The summed E-state index contributed by atoms with van der Waals surface area (Å²) < 4.78 is 17.7. The Hall–Kier alpha value is -0.900. The summed E-state index contributed by atoms with van der Waals surface area (Å²) in [5.74, 6) is 0. The van der Waals surface area contributed by atoms with E-state index in [9.17, 15) is 0 Å². The van der Waals surface area contributed by atoms with E-state index in [-0.39, 0.29) is 5.60 Å². The molecule has 1 aromatic carbocycles. The Morgan fingerprint density at radius 3 is 2.04 bits per heavy atom. The van der Waals surface area contributed by atoms with Gasteiger partial charge < -0.3 is 14.2 Å². The van der Waals surface area contributed by atoms with Crippen molar-refractivity contribution in [2.24, 2.45) is 0 Å². The number of hydrogen-bond acceptors (Lipinski definition) is 3. The molecule has 0 bridgehead atoms. The second kappa shape index (κ2) is 15.2. The molecule has 0 aliphatic rings. The molecule has 0 saturated heterocycles. The molecule has 0 aliphatic heterocycles. The molecule has 3 heteroatoms. The molecule has 0 saturated carbocycles. The summed E-state index contributed by atoms with van der Waals surface area (Å²) in [4.78, 5) is 0. The van der Waals surface area contributed by atoms with Crippen LogP contribution in [0.15, 0.2) is 30.3 Å². The molecule has 150 valence electrons. The zero-order valence-electron chi connectivity index (χ0n) is 17.3. The van der Waals surface area contributed by atoms with Crippen molar-refractivity contribution in [3.63, 3.8) is 0 Å². The van der Waals surface area contributed by atoms with Crippen molar-refractivity contribution in [1.82, 2.24) is 0 Å². The highest BCUT2D eigenvalue weighted by atomic mass is 16.6. The lowest BCUT2D eigenvalue weighted by atomic mass is 9.88. The second-order valence-corrected chi connectivity index (χ2v) is 6.91. The van der Waals surface area contributed by atoms with Gasteiger partial charge in [0.2, 0.25) is 0 Å². The summed E-state index contributed by atoms with van der Waals surface area (Å²) >= 11 is 0. The van der Waals surface area contributed by atoms with Crippen LogP contribution in [-0.2, 0) is 19.8 Å². The van der Waals surface area contributed by atoms with Crippen LogP contribution in [0.1, 0.15) is 77.7 Å². The average Bonchev–Trinajstić information content (AvgIpc) is 2.67. The maximum absolute atomic E-state index is 6.30. The average molecular weight is 365 g/mol. The molecule has 0 spiro atoms. The molecule has 1 rings (SSSR count). The molecule has 3 nitrogen and oxygen atoms in total. The normalized spacial score (nSPS) is 13.7. The van der Waals surface area contributed by atoms with E-state index in [1.165, 1.54) is 50.5 Å². The number of benzene rings is 1.